The van der Waals surface area contributed by atoms with Crippen molar-refractivity contribution < 1.29 is 9.59 Å². The van der Waals surface area contributed by atoms with Crippen LogP contribution in [-0.4, -0.2) is 39.6 Å². The number of nitrogens with zero attached hydrogens (tertiary/aromatic N) is 3. The predicted octanol–water partition coefficient (Wildman–Crippen LogP) is 5.52. The van der Waals surface area contributed by atoms with Crippen LogP contribution in [0.2, 0.25) is 0 Å². The molecule has 0 aliphatic heterocycles. The number of benzene rings is 2. The Morgan fingerprint density at radius 2 is 1.68 bits per heavy atom. The van der Waals surface area contributed by atoms with Gasteiger partial charge in [0, 0.05) is 23.6 Å². The SMILES string of the molecule is Cc1ccc(-n2nc(C(C)(C)C)cc2NC(=O)CN(CC(C)C)C(=O)c2ccccc2C)cc1. The highest BCUT2D eigenvalue weighted by Gasteiger charge is 2.24. The van der Waals surface area contributed by atoms with Gasteiger partial charge >= 0.3 is 0 Å². The molecule has 0 aliphatic carbocycles. The van der Waals surface area contributed by atoms with Crippen molar-refractivity contribution in [3.63, 3.8) is 0 Å². The number of aromatic nitrogens is 2. The molecule has 0 saturated heterocycles. The van der Waals surface area contributed by atoms with Crippen molar-refractivity contribution in [2.75, 3.05) is 18.4 Å². The van der Waals surface area contributed by atoms with Gasteiger partial charge in [0.2, 0.25) is 5.91 Å². The molecule has 0 aliphatic rings. The smallest absolute Gasteiger partial charge is 0.254 e. The summed E-state index contributed by atoms with van der Waals surface area (Å²) in [5.41, 5.74) is 4.23. The maximum absolute atomic E-state index is 13.3. The van der Waals surface area contributed by atoms with E-state index in [9.17, 15) is 9.59 Å². The summed E-state index contributed by atoms with van der Waals surface area (Å²) >= 11 is 0. The van der Waals surface area contributed by atoms with Crippen LogP contribution in [0.15, 0.2) is 54.6 Å². The van der Waals surface area contributed by atoms with Gasteiger partial charge in [-0.1, -0.05) is 70.5 Å². The molecule has 0 fully saturated rings. The maximum Gasteiger partial charge on any atom is 0.254 e. The minimum Gasteiger partial charge on any atom is -0.329 e. The Hall–Kier alpha value is -3.41. The average molecular weight is 461 g/mol. The molecule has 0 atom stereocenters. The van der Waals surface area contributed by atoms with Crippen molar-refractivity contribution in [2.45, 2.75) is 53.9 Å². The van der Waals surface area contributed by atoms with E-state index in [-0.39, 0.29) is 29.7 Å². The van der Waals surface area contributed by atoms with Gasteiger partial charge in [0.25, 0.3) is 5.91 Å². The zero-order valence-electron chi connectivity index (χ0n) is 21.3. The molecule has 0 saturated carbocycles. The second-order valence-electron chi connectivity index (χ2n) is 10.4. The summed E-state index contributed by atoms with van der Waals surface area (Å²) in [6.07, 6.45) is 0. The number of amides is 2. The lowest BCUT2D eigenvalue weighted by molar-refractivity contribution is -0.117. The van der Waals surface area contributed by atoms with Crippen LogP contribution in [0.25, 0.3) is 5.69 Å². The van der Waals surface area contributed by atoms with Gasteiger partial charge in [0.05, 0.1) is 11.4 Å². The summed E-state index contributed by atoms with van der Waals surface area (Å²) in [7, 11) is 0. The minimum absolute atomic E-state index is 0.0325. The molecule has 1 heterocycles. The lowest BCUT2D eigenvalue weighted by Gasteiger charge is -2.25. The molecule has 1 aromatic heterocycles. The second-order valence-corrected chi connectivity index (χ2v) is 10.4. The highest BCUT2D eigenvalue weighted by Crippen LogP contribution is 2.26. The molecular weight excluding hydrogens is 424 g/mol. The minimum atomic E-state index is -0.253. The van der Waals surface area contributed by atoms with Crippen LogP contribution in [-0.2, 0) is 10.2 Å². The van der Waals surface area contributed by atoms with Crippen molar-refractivity contribution in [1.29, 1.82) is 0 Å². The second kappa shape index (κ2) is 10.2. The molecule has 180 valence electrons. The molecule has 0 radical (unpaired) electrons. The number of hydrogen-bond donors (Lipinski definition) is 1. The molecular formula is C28H36N4O2. The van der Waals surface area contributed by atoms with E-state index in [2.05, 4.69) is 26.1 Å². The van der Waals surface area contributed by atoms with Gasteiger partial charge in [0.15, 0.2) is 0 Å². The third-order valence-corrected chi connectivity index (χ3v) is 5.61. The van der Waals surface area contributed by atoms with Crippen molar-refractivity contribution in [3.8, 4) is 5.69 Å². The first kappa shape index (κ1) is 25.2. The highest BCUT2D eigenvalue weighted by molar-refractivity contribution is 6.00. The van der Waals surface area contributed by atoms with E-state index in [1.165, 1.54) is 0 Å². The third-order valence-electron chi connectivity index (χ3n) is 5.61. The summed E-state index contributed by atoms with van der Waals surface area (Å²) < 4.78 is 1.76. The molecule has 0 bridgehead atoms. The van der Waals surface area contributed by atoms with Crippen LogP contribution in [0.3, 0.4) is 0 Å². The molecule has 6 nitrogen and oxygen atoms in total. The molecule has 2 amide bonds. The normalized spacial score (nSPS) is 11.5. The quantitative estimate of drug-likeness (QED) is 0.505. The van der Waals surface area contributed by atoms with Gasteiger partial charge in [-0.3, -0.25) is 9.59 Å². The van der Waals surface area contributed by atoms with E-state index in [0.29, 0.717) is 17.9 Å². The zero-order chi connectivity index (χ0) is 25.0. The van der Waals surface area contributed by atoms with Crippen LogP contribution in [0.1, 0.15) is 61.8 Å². The first-order chi connectivity index (χ1) is 16.0. The van der Waals surface area contributed by atoms with E-state index in [1.807, 2.05) is 82.3 Å². The Bertz CT molecular complexity index is 1150. The van der Waals surface area contributed by atoms with E-state index in [0.717, 1.165) is 22.5 Å². The molecule has 1 N–H and O–H groups in total. The van der Waals surface area contributed by atoms with E-state index in [1.54, 1.807) is 9.58 Å². The fourth-order valence-electron chi connectivity index (χ4n) is 3.72. The standard InChI is InChI=1S/C28H36N4O2/c1-19(2)17-31(27(34)23-11-9-8-10-21(23)4)18-26(33)29-25-16-24(28(5,6)7)30-32(25)22-14-12-20(3)13-15-22/h8-16,19H,17-18H2,1-7H3,(H,29,33). The number of aryl methyl sites for hydroxylation is 2. The largest absolute Gasteiger partial charge is 0.329 e. The Labute approximate surface area is 203 Å². The average Bonchev–Trinajstić information content (AvgIpc) is 3.17. The monoisotopic (exact) mass is 460 g/mol. The first-order valence-electron chi connectivity index (χ1n) is 11.8. The molecule has 34 heavy (non-hydrogen) atoms. The molecule has 3 aromatic rings. The van der Waals surface area contributed by atoms with Crippen molar-refractivity contribution in [1.82, 2.24) is 14.7 Å². The third kappa shape index (κ3) is 6.13. The van der Waals surface area contributed by atoms with Gasteiger partial charge < -0.3 is 10.2 Å². The number of nitrogens with one attached hydrogen (secondary N) is 1. The fourth-order valence-corrected chi connectivity index (χ4v) is 3.72. The van der Waals surface area contributed by atoms with Crippen LogP contribution in [0.4, 0.5) is 5.82 Å². The summed E-state index contributed by atoms with van der Waals surface area (Å²) in [6, 6.07) is 17.4. The summed E-state index contributed by atoms with van der Waals surface area (Å²) in [4.78, 5) is 28.1. The van der Waals surface area contributed by atoms with E-state index < -0.39 is 0 Å². The maximum atomic E-state index is 13.3. The highest BCUT2D eigenvalue weighted by atomic mass is 16.2. The predicted molar refractivity (Wildman–Crippen MR) is 138 cm³/mol. The summed E-state index contributed by atoms with van der Waals surface area (Å²) in [6.45, 7) is 14.7. The summed E-state index contributed by atoms with van der Waals surface area (Å²) in [5, 5.41) is 7.79. The molecule has 0 unspecified atom stereocenters. The number of carbonyl (C=O) groups is 2. The Morgan fingerprint density at radius 3 is 2.26 bits per heavy atom. The Morgan fingerprint density at radius 1 is 1.03 bits per heavy atom. The zero-order valence-corrected chi connectivity index (χ0v) is 21.3. The summed E-state index contributed by atoms with van der Waals surface area (Å²) in [5.74, 6) is 0.429. The van der Waals surface area contributed by atoms with Gasteiger partial charge in [-0.05, 0) is 43.5 Å². The Kier molecular flexibility index (Phi) is 7.60. The van der Waals surface area contributed by atoms with Gasteiger partial charge in [-0.2, -0.15) is 5.10 Å². The van der Waals surface area contributed by atoms with Crippen LogP contribution >= 0.6 is 0 Å². The van der Waals surface area contributed by atoms with Crippen molar-refractivity contribution in [3.05, 3.63) is 77.0 Å². The van der Waals surface area contributed by atoms with Gasteiger partial charge in [-0.15, -0.1) is 0 Å². The molecule has 6 heteroatoms. The van der Waals surface area contributed by atoms with E-state index in [4.69, 9.17) is 5.10 Å². The number of anilines is 1. The van der Waals surface area contributed by atoms with Gasteiger partial charge in [0.1, 0.15) is 12.4 Å². The lowest BCUT2D eigenvalue weighted by atomic mass is 9.92. The first-order valence-corrected chi connectivity index (χ1v) is 11.8. The van der Waals surface area contributed by atoms with E-state index >= 15 is 0 Å². The number of carbonyl (C=O) groups excluding carboxylic acids is 2. The Balaban J connectivity index is 1.88. The lowest BCUT2D eigenvalue weighted by Crippen LogP contribution is -2.40. The molecule has 3 rings (SSSR count). The van der Waals surface area contributed by atoms with Gasteiger partial charge in [-0.25, -0.2) is 4.68 Å². The van der Waals surface area contributed by atoms with Crippen LogP contribution in [0.5, 0.6) is 0 Å². The molecule has 0 spiro atoms. The fraction of sp³-hybridized carbons (Fsp3) is 0.393. The number of hydrogen-bond acceptors (Lipinski definition) is 3. The van der Waals surface area contributed by atoms with Crippen molar-refractivity contribution >= 4 is 17.6 Å². The van der Waals surface area contributed by atoms with Crippen molar-refractivity contribution in [2.24, 2.45) is 5.92 Å². The van der Waals surface area contributed by atoms with Crippen LogP contribution in [0, 0.1) is 19.8 Å². The molecule has 2 aromatic carbocycles. The topological polar surface area (TPSA) is 67.2 Å². The number of rotatable bonds is 7. The van der Waals surface area contributed by atoms with Crippen LogP contribution < -0.4 is 5.32 Å².